The van der Waals surface area contributed by atoms with Crippen LogP contribution in [0.15, 0.2) is 42.5 Å². The Balaban J connectivity index is 1.83. The molecule has 4 nitrogen and oxygen atoms in total. The van der Waals surface area contributed by atoms with E-state index in [-0.39, 0.29) is 11.8 Å². The third-order valence-electron chi connectivity index (χ3n) is 3.33. The van der Waals surface area contributed by atoms with Gasteiger partial charge in [0.1, 0.15) is 0 Å². The van der Waals surface area contributed by atoms with Crippen molar-refractivity contribution in [2.75, 3.05) is 25.2 Å². The van der Waals surface area contributed by atoms with Crippen LogP contribution in [0.4, 0.5) is 5.69 Å². The minimum absolute atomic E-state index is 0.0757. The first-order valence-corrected chi connectivity index (χ1v) is 9.41. The summed E-state index contributed by atoms with van der Waals surface area (Å²) in [5, 5.41) is 4.00. The van der Waals surface area contributed by atoms with Gasteiger partial charge in [-0.3, -0.25) is 9.59 Å². The predicted octanol–water partition coefficient (Wildman–Crippen LogP) is 4.57. The molecule has 7 heteroatoms. The second-order valence-corrected chi connectivity index (χ2v) is 7.38. The third kappa shape index (κ3) is 5.96. The van der Waals surface area contributed by atoms with Gasteiger partial charge in [-0.1, -0.05) is 29.3 Å². The summed E-state index contributed by atoms with van der Waals surface area (Å²) in [7, 11) is 3.39. The van der Waals surface area contributed by atoms with Gasteiger partial charge in [0.25, 0.3) is 5.91 Å². The smallest absolute Gasteiger partial charge is 0.253 e. The van der Waals surface area contributed by atoms with E-state index in [1.165, 1.54) is 16.7 Å². The van der Waals surface area contributed by atoms with Crippen molar-refractivity contribution in [1.82, 2.24) is 4.90 Å². The van der Waals surface area contributed by atoms with Crippen LogP contribution in [0.2, 0.25) is 10.0 Å². The average molecular weight is 397 g/mol. The first kappa shape index (κ1) is 19.6. The van der Waals surface area contributed by atoms with E-state index in [4.69, 9.17) is 23.2 Å². The van der Waals surface area contributed by atoms with Crippen LogP contribution in [0, 0.1) is 0 Å². The number of benzene rings is 2. The normalized spacial score (nSPS) is 10.4. The zero-order valence-corrected chi connectivity index (χ0v) is 16.2. The largest absolute Gasteiger partial charge is 0.345 e. The van der Waals surface area contributed by atoms with Gasteiger partial charge in [-0.15, -0.1) is 11.8 Å². The highest BCUT2D eigenvalue weighted by atomic mass is 35.5. The Morgan fingerprint density at radius 3 is 2.36 bits per heavy atom. The van der Waals surface area contributed by atoms with Crippen LogP contribution in [0.5, 0.6) is 0 Å². The molecule has 0 saturated heterocycles. The van der Waals surface area contributed by atoms with Gasteiger partial charge in [-0.05, 0) is 42.0 Å². The fourth-order valence-electron chi connectivity index (χ4n) is 2.04. The summed E-state index contributed by atoms with van der Waals surface area (Å²) < 4.78 is 0. The molecule has 0 aliphatic rings. The lowest BCUT2D eigenvalue weighted by Crippen LogP contribution is -2.21. The standard InChI is InChI=1S/C18H18Cl2N2O2S/c1-22(2)18(24)12-4-7-15(8-5-12)21-17(23)11-25-10-13-3-6-14(19)9-16(13)20/h3-9H,10-11H2,1-2H3,(H,21,23). The molecule has 2 aromatic carbocycles. The van der Waals surface area contributed by atoms with Crippen LogP contribution in [0.3, 0.4) is 0 Å². The quantitative estimate of drug-likeness (QED) is 0.777. The number of nitrogens with one attached hydrogen (secondary N) is 1. The lowest BCUT2D eigenvalue weighted by molar-refractivity contribution is -0.113. The van der Waals surface area contributed by atoms with Crippen molar-refractivity contribution in [3.05, 3.63) is 63.6 Å². The van der Waals surface area contributed by atoms with Crippen LogP contribution in [-0.2, 0) is 10.5 Å². The number of halogens is 2. The molecule has 2 aromatic rings. The number of nitrogens with zero attached hydrogens (tertiary/aromatic N) is 1. The van der Waals surface area contributed by atoms with Crippen LogP contribution >= 0.6 is 35.0 Å². The van der Waals surface area contributed by atoms with E-state index in [9.17, 15) is 9.59 Å². The monoisotopic (exact) mass is 396 g/mol. The first-order chi connectivity index (χ1) is 11.9. The van der Waals surface area contributed by atoms with Gasteiger partial charge < -0.3 is 10.2 Å². The SMILES string of the molecule is CN(C)C(=O)c1ccc(NC(=O)CSCc2ccc(Cl)cc2Cl)cc1. The Morgan fingerprint density at radius 2 is 1.76 bits per heavy atom. The number of amides is 2. The topological polar surface area (TPSA) is 49.4 Å². The molecule has 0 atom stereocenters. The maximum Gasteiger partial charge on any atom is 0.253 e. The molecule has 132 valence electrons. The highest BCUT2D eigenvalue weighted by molar-refractivity contribution is 7.99. The van der Waals surface area contributed by atoms with E-state index in [1.807, 2.05) is 6.07 Å². The summed E-state index contributed by atoms with van der Waals surface area (Å²) >= 11 is 13.4. The zero-order valence-electron chi connectivity index (χ0n) is 13.9. The van der Waals surface area contributed by atoms with E-state index in [0.717, 1.165) is 5.56 Å². The molecule has 0 heterocycles. The molecule has 2 amide bonds. The van der Waals surface area contributed by atoms with Crippen LogP contribution in [0.1, 0.15) is 15.9 Å². The fourth-order valence-corrected chi connectivity index (χ4v) is 3.43. The second-order valence-electron chi connectivity index (χ2n) is 5.55. The van der Waals surface area contributed by atoms with Crippen molar-refractivity contribution < 1.29 is 9.59 Å². The van der Waals surface area contributed by atoms with Gasteiger partial charge >= 0.3 is 0 Å². The van der Waals surface area contributed by atoms with Crippen molar-refractivity contribution in [3.63, 3.8) is 0 Å². The van der Waals surface area contributed by atoms with E-state index in [0.29, 0.717) is 32.8 Å². The Hall–Kier alpha value is -1.69. The summed E-state index contributed by atoms with van der Waals surface area (Å²) in [5.41, 5.74) is 2.18. The maximum absolute atomic E-state index is 12.0. The third-order valence-corrected chi connectivity index (χ3v) is 4.90. The molecular weight excluding hydrogens is 379 g/mol. The summed E-state index contributed by atoms with van der Waals surface area (Å²) in [6.45, 7) is 0. The van der Waals surface area contributed by atoms with E-state index >= 15 is 0 Å². The van der Waals surface area contributed by atoms with Crippen molar-refractivity contribution in [3.8, 4) is 0 Å². The minimum Gasteiger partial charge on any atom is -0.345 e. The number of carbonyl (C=O) groups excluding carboxylic acids is 2. The molecule has 0 spiro atoms. The molecule has 2 rings (SSSR count). The molecular formula is C18H18Cl2N2O2S. The number of carbonyl (C=O) groups is 2. The number of hydrogen-bond acceptors (Lipinski definition) is 3. The average Bonchev–Trinajstić information content (AvgIpc) is 2.57. The number of hydrogen-bond donors (Lipinski definition) is 1. The van der Waals surface area contributed by atoms with Crippen LogP contribution in [-0.4, -0.2) is 36.6 Å². The molecule has 0 aliphatic heterocycles. The molecule has 1 N–H and O–H groups in total. The van der Waals surface area contributed by atoms with Crippen LogP contribution in [0.25, 0.3) is 0 Å². The Morgan fingerprint density at radius 1 is 1.08 bits per heavy atom. The van der Waals surface area contributed by atoms with Crippen molar-refractivity contribution in [2.24, 2.45) is 0 Å². The minimum atomic E-state index is -0.109. The molecule has 0 saturated carbocycles. The Labute approximate surface area is 161 Å². The number of anilines is 1. The van der Waals surface area contributed by atoms with Gasteiger partial charge in [-0.25, -0.2) is 0 Å². The van der Waals surface area contributed by atoms with Gasteiger partial charge in [-0.2, -0.15) is 0 Å². The highest BCUT2D eigenvalue weighted by Crippen LogP contribution is 2.24. The summed E-state index contributed by atoms with van der Waals surface area (Å²) in [6, 6.07) is 12.1. The lowest BCUT2D eigenvalue weighted by atomic mass is 10.2. The van der Waals surface area contributed by atoms with Crippen molar-refractivity contribution in [1.29, 1.82) is 0 Å². The van der Waals surface area contributed by atoms with E-state index < -0.39 is 0 Å². The highest BCUT2D eigenvalue weighted by Gasteiger charge is 2.09. The fraction of sp³-hybridized carbons (Fsp3) is 0.222. The van der Waals surface area contributed by atoms with E-state index in [1.54, 1.807) is 50.5 Å². The van der Waals surface area contributed by atoms with Gasteiger partial charge in [0.15, 0.2) is 0 Å². The van der Waals surface area contributed by atoms with Crippen LogP contribution < -0.4 is 5.32 Å². The van der Waals surface area contributed by atoms with Gasteiger partial charge in [0.05, 0.1) is 5.75 Å². The summed E-state index contributed by atoms with van der Waals surface area (Å²) in [4.78, 5) is 25.3. The van der Waals surface area contributed by atoms with Gasteiger partial charge in [0, 0.05) is 41.1 Å². The maximum atomic E-state index is 12.0. The molecule has 0 radical (unpaired) electrons. The number of rotatable bonds is 6. The number of thioether (sulfide) groups is 1. The van der Waals surface area contributed by atoms with Crippen molar-refractivity contribution >= 4 is 52.5 Å². The lowest BCUT2D eigenvalue weighted by Gasteiger charge is -2.11. The molecule has 0 unspecified atom stereocenters. The first-order valence-electron chi connectivity index (χ1n) is 7.50. The molecule has 0 bridgehead atoms. The Kier molecular flexibility index (Phi) is 7.17. The zero-order chi connectivity index (χ0) is 18.4. The Bertz CT molecular complexity index is 764. The molecule has 25 heavy (non-hydrogen) atoms. The molecule has 0 aromatic heterocycles. The van der Waals surface area contributed by atoms with Crippen molar-refractivity contribution in [2.45, 2.75) is 5.75 Å². The summed E-state index contributed by atoms with van der Waals surface area (Å²) in [6.07, 6.45) is 0. The van der Waals surface area contributed by atoms with Gasteiger partial charge in [0.2, 0.25) is 5.91 Å². The molecule has 0 fully saturated rings. The molecule has 0 aliphatic carbocycles. The van der Waals surface area contributed by atoms with E-state index in [2.05, 4.69) is 5.32 Å². The predicted molar refractivity (Wildman–Crippen MR) is 106 cm³/mol. The summed E-state index contributed by atoms with van der Waals surface area (Å²) in [5.74, 6) is 0.742. The second kappa shape index (κ2) is 9.13.